The van der Waals surface area contributed by atoms with Crippen molar-refractivity contribution in [1.29, 1.82) is 0 Å². The van der Waals surface area contributed by atoms with Crippen LogP contribution >= 0.6 is 22.9 Å². The van der Waals surface area contributed by atoms with Gasteiger partial charge in [0, 0.05) is 10.9 Å². The maximum atomic E-state index is 12.8. The zero-order valence-corrected chi connectivity index (χ0v) is 19.2. The van der Waals surface area contributed by atoms with Crippen molar-refractivity contribution in [3.63, 3.8) is 0 Å². The van der Waals surface area contributed by atoms with Gasteiger partial charge in [0.1, 0.15) is 11.6 Å². The van der Waals surface area contributed by atoms with Crippen LogP contribution in [0.1, 0.15) is 34.1 Å². The van der Waals surface area contributed by atoms with Crippen molar-refractivity contribution in [1.82, 2.24) is 10.3 Å². The Kier molecular flexibility index (Phi) is 7.50. The van der Waals surface area contributed by atoms with Crippen LogP contribution in [0, 0.1) is 0 Å². The van der Waals surface area contributed by atoms with Gasteiger partial charge < -0.3 is 10.1 Å². The summed E-state index contributed by atoms with van der Waals surface area (Å²) in [6.45, 7) is 0.0716. The number of thiazole rings is 1. The van der Waals surface area contributed by atoms with Crippen LogP contribution in [0.25, 0.3) is 10.6 Å². The minimum atomic E-state index is -0.558. The molecule has 0 radical (unpaired) electrons. The number of carbonyl (C=O) groups excluding carboxylic acids is 2. The summed E-state index contributed by atoms with van der Waals surface area (Å²) in [4.78, 5) is 30.0. The van der Waals surface area contributed by atoms with Crippen molar-refractivity contribution >= 4 is 34.8 Å². The van der Waals surface area contributed by atoms with Crippen molar-refractivity contribution in [2.45, 2.75) is 19.1 Å². The fourth-order valence-corrected chi connectivity index (χ4v) is 4.32. The minimum Gasteiger partial charge on any atom is -0.459 e. The molecule has 0 spiro atoms. The van der Waals surface area contributed by atoms with E-state index in [-0.39, 0.29) is 18.9 Å². The number of nitrogens with zero attached hydrogens (tertiary/aromatic N) is 1. The minimum absolute atomic E-state index is 0.0180. The smallest absolute Gasteiger partial charge is 0.308 e. The molecule has 1 amide bonds. The molecule has 1 N–H and O–H groups in total. The van der Waals surface area contributed by atoms with Crippen LogP contribution in [0.5, 0.6) is 0 Å². The first-order valence-electron chi connectivity index (χ1n) is 10.4. The molecule has 0 aliphatic rings. The Balaban J connectivity index is 1.41. The predicted molar refractivity (Wildman–Crippen MR) is 130 cm³/mol. The van der Waals surface area contributed by atoms with Crippen LogP contribution in [0.2, 0.25) is 5.02 Å². The van der Waals surface area contributed by atoms with Crippen LogP contribution in [0.3, 0.4) is 0 Å². The Morgan fingerprint density at radius 3 is 2.33 bits per heavy atom. The van der Waals surface area contributed by atoms with Gasteiger partial charge in [0.25, 0.3) is 5.91 Å². The third-order valence-electron chi connectivity index (χ3n) is 4.95. The van der Waals surface area contributed by atoms with Crippen LogP contribution < -0.4 is 5.32 Å². The van der Waals surface area contributed by atoms with Gasteiger partial charge in [0.05, 0.1) is 28.7 Å². The molecule has 0 bridgehead atoms. The van der Waals surface area contributed by atoms with E-state index in [1.54, 1.807) is 24.3 Å². The van der Waals surface area contributed by atoms with Gasteiger partial charge in [-0.1, -0.05) is 84.4 Å². The van der Waals surface area contributed by atoms with Gasteiger partial charge in [-0.25, -0.2) is 4.98 Å². The number of nitrogens with one attached hydrogen (secondary N) is 1. The van der Waals surface area contributed by atoms with Crippen LogP contribution in [-0.4, -0.2) is 16.9 Å². The topological polar surface area (TPSA) is 68.3 Å². The fraction of sp³-hybridized carbons (Fsp3) is 0.115. The first-order chi connectivity index (χ1) is 16.1. The van der Waals surface area contributed by atoms with E-state index in [9.17, 15) is 9.59 Å². The number of carbonyl (C=O) groups is 2. The van der Waals surface area contributed by atoms with E-state index in [1.807, 2.05) is 66.0 Å². The van der Waals surface area contributed by atoms with E-state index >= 15 is 0 Å². The monoisotopic (exact) mass is 476 g/mol. The summed E-state index contributed by atoms with van der Waals surface area (Å²) in [5.41, 5.74) is 2.86. The first-order valence-corrected chi connectivity index (χ1v) is 11.6. The average molecular weight is 477 g/mol. The maximum absolute atomic E-state index is 12.8. The summed E-state index contributed by atoms with van der Waals surface area (Å²) in [6.07, 6.45) is -0.0180. The normalized spacial score (nSPS) is 11.5. The molecule has 33 heavy (non-hydrogen) atoms. The van der Waals surface area contributed by atoms with E-state index in [0.29, 0.717) is 16.3 Å². The highest BCUT2D eigenvalue weighted by Gasteiger charge is 2.21. The lowest BCUT2D eigenvalue weighted by atomic mass is 10.0. The Hall–Kier alpha value is -3.48. The number of esters is 1. The van der Waals surface area contributed by atoms with Crippen LogP contribution in [0.4, 0.5) is 0 Å². The zero-order chi connectivity index (χ0) is 23.0. The molecule has 3 aromatic carbocycles. The summed E-state index contributed by atoms with van der Waals surface area (Å²) < 4.78 is 5.47. The van der Waals surface area contributed by atoms with E-state index in [0.717, 1.165) is 16.1 Å². The van der Waals surface area contributed by atoms with Crippen molar-refractivity contribution in [2.75, 3.05) is 0 Å². The van der Waals surface area contributed by atoms with E-state index in [4.69, 9.17) is 16.3 Å². The molecule has 5 nitrogen and oxygen atoms in total. The van der Waals surface area contributed by atoms with Crippen molar-refractivity contribution in [3.8, 4) is 10.6 Å². The molecule has 1 heterocycles. The van der Waals surface area contributed by atoms with Crippen LogP contribution in [0.15, 0.2) is 90.3 Å². The number of rotatable bonds is 8. The first kappa shape index (κ1) is 22.7. The Bertz CT molecular complexity index is 1230. The molecule has 0 saturated carbocycles. The molecule has 1 atom stereocenters. The van der Waals surface area contributed by atoms with Gasteiger partial charge in [-0.05, 0) is 17.7 Å². The number of aromatic nitrogens is 1. The Morgan fingerprint density at radius 2 is 1.61 bits per heavy atom. The maximum Gasteiger partial charge on any atom is 0.308 e. The van der Waals surface area contributed by atoms with Crippen molar-refractivity contribution in [2.24, 2.45) is 0 Å². The molecule has 4 rings (SSSR count). The highest BCUT2D eigenvalue weighted by atomic mass is 35.5. The summed E-state index contributed by atoms with van der Waals surface area (Å²) >= 11 is 7.66. The summed E-state index contributed by atoms with van der Waals surface area (Å²) in [7, 11) is 0. The highest BCUT2D eigenvalue weighted by molar-refractivity contribution is 7.13. The second kappa shape index (κ2) is 10.9. The van der Waals surface area contributed by atoms with Crippen molar-refractivity contribution < 1.29 is 14.3 Å². The third-order valence-corrected chi connectivity index (χ3v) is 6.22. The third kappa shape index (κ3) is 6.06. The lowest BCUT2D eigenvalue weighted by Gasteiger charge is -2.19. The number of benzene rings is 3. The largest absolute Gasteiger partial charge is 0.459 e. The molecule has 166 valence electrons. The molecule has 0 aliphatic carbocycles. The number of hydrogen-bond acceptors (Lipinski definition) is 5. The Labute approximate surface area is 201 Å². The van der Waals surface area contributed by atoms with E-state index in [2.05, 4.69) is 10.3 Å². The number of halogens is 1. The molecular weight excluding hydrogens is 456 g/mol. The molecule has 0 fully saturated rings. The molecule has 0 aliphatic heterocycles. The van der Waals surface area contributed by atoms with Crippen molar-refractivity contribution in [3.05, 3.63) is 112 Å². The van der Waals surface area contributed by atoms with Gasteiger partial charge in [-0.2, -0.15) is 0 Å². The standard InChI is InChI=1S/C26H21ClN2O3S/c27-22-14-8-7-13-21(22)25(31)29-23(18-9-3-1-4-10-18)15-24(30)32-16-20-17-33-26(28-20)19-11-5-2-6-12-19/h1-14,17,23H,15-16H2,(H,29,31). The lowest BCUT2D eigenvalue weighted by molar-refractivity contribution is -0.145. The zero-order valence-electron chi connectivity index (χ0n) is 17.6. The second-order valence-corrected chi connectivity index (χ2v) is 8.56. The summed E-state index contributed by atoms with van der Waals surface area (Å²) in [5, 5.41) is 6.01. The molecule has 7 heteroatoms. The van der Waals surface area contributed by atoms with Gasteiger partial charge in [0.15, 0.2) is 0 Å². The van der Waals surface area contributed by atoms with E-state index < -0.39 is 12.0 Å². The van der Waals surface area contributed by atoms with E-state index in [1.165, 1.54) is 11.3 Å². The number of ether oxygens (including phenoxy) is 1. The lowest BCUT2D eigenvalue weighted by Crippen LogP contribution is -2.30. The van der Waals surface area contributed by atoms with Crippen LogP contribution in [-0.2, 0) is 16.1 Å². The van der Waals surface area contributed by atoms with Gasteiger partial charge in [-0.3, -0.25) is 9.59 Å². The highest BCUT2D eigenvalue weighted by Crippen LogP contribution is 2.24. The predicted octanol–water partition coefficient (Wildman–Crippen LogP) is 6.07. The van der Waals surface area contributed by atoms with Gasteiger partial charge in [-0.15, -0.1) is 11.3 Å². The number of hydrogen-bond donors (Lipinski definition) is 1. The Morgan fingerprint density at radius 1 is 0.939 bits per heavy atom. The summed E-state index contributed by atoms with van der Waals surface area (Å²) in [6, 6.07) is 25.4. The second-order valence-electron chi connectivity index (χ2n) is 7.29. The molecule has 4 aromatic rings. The fourth-order valence-electron chi connectivity index (χ4n) is 3.29. The average Bonchev–Trinajstić information content (AvgIpc) is 3.33. The summed E-state index contributed by atoms with van der Waals surface area (Å²) in [5.74, 6) is -0.785. The molecule has 1 unspecified atom stereocenters. The van der Waals surface area contributed by atoms with Gasteiger partial charge >= 0.3 is 5.97 Å². The quantitative estimate of drug-likeness (QED) is 0.313. The van der Waals surface area contributed by atoms with Gasteiger partial charge in [0.2, 0.25) is 0 Å². The molecule has 1 aromatic heterocycles. The molecular formula is C26H21ClN2O3S. The molecule has 0 saturated heterocycles. The number of amides is 1. The SMILES string of the molecule is O=C(CC(NC(=O)c1ccccc1Cl)c1ccccc1)OCc1csc(-c2ccccc2)n1.